The molecule has 12 heteroatoms. The van der Waals surface area contributed by atoms with E-state index < -0.39 is 47.5 Å². The molecule has 5 N–H and O–H groups in total. The smallest absolute Gasteiger partial charge is 0.726 e. The number of aliphatic hydroxyl groups excluding tert-OH is 3. The Bertz CT molecular complexity index is 1060. The van der Waals surface area contributed by atoms with E-state index in [4.69, 9.17) is 4.74 Å². The minimum atomic E-state index is -5.24. The van der Waals surface area contributed by atoms with Crippen LogP contribution < -0.4 is 29.6 Å². The zero-order valence-corrected chi connectivity index (χ0v) is 20.5. The molecule has 0 bridgehead atoms. The second-order valence-electron chi connectivity index (χ2n) is 7.41. The topological polar surface area (TPSA) is 177 Å². The average molecular weight is 490 g/mol. The molecule has 1 aliphatic rings. The molecule has 1 aliphatic heterocycles. The molecule has 0 aliphatic carbocycles. The number of aromatic hydroxyl groups is 2. The van der Waals surface area contributed by atoms with E-state index in [0.29, 0.717) is 11.1 Å². The number of hydrogen-bond acceptors (Lipinski definition) is 10. The maximum absolute atomic E-state index is 11.0. The molecule has 0 unspecified atom stereocenters. The summed E-state index contributed by atoms with van der Waals surface area (Å²) in [7, 11) is -5.24. The van der Waals surface area contributed by atoms with Crippen LogP contribution in [0, 0.1) is 0 Å². The predicted molar refractivity (Wildman–Crippen MR) is 111 cm³/mol. The van der Waals surface area contributed by atoms with E-state index in [2.05, 4.69) is 4.18 Å². The summed E-state index contributed by atoms with van der Waals surface area (Å²) in [4.78, 5) is 0. The van der Waals surface area contributed by atoms with Crippen molar-refractivity contribution in [1.29, 1.82) is 0 Å². The molecule has 5 atom stereocenters. The van der Waals surface area contributed by atoms with Crippen LogP contribution in [0.25, 0.3) is 12.2 Å². The van der Waals surface area contributed by atoms with Gasteiger partial charge < -0.3 is 34.8 Å². The number of rotatable bonds is 7. The Labute approximate surface area is 213 Å². The third-order valence-corrected chi connectivity index (χ3v) is 5.45. The minimum absolute atomic E-state index is 0. The average Bonchev–Trinajstić information content (AvgIpc) is 2.72. The fourth-order valence-electron chi connectivity index (χ4n) is 3.50. The Balaban J connectivity index is 0.00000385. The van der Waals surface area contributed by atoms with Crippen molar-refractivity contribution in [2.75, 3.05) is 6.61 Å². The standard InChI is InChI=1S/C21H24O10S.Na/c22-11-18-20(26)21(31-32(27,28)29)19(25)17(30-18)10-14-7-13(8-16(24)9-14)2-1-12-3-5-15(23)6-4-12;/h1-9,17-26H,10-11H2,(H,27,28,29);/q;+1/p-1/b2-1-;/t17-,18+,19-,20+,21+;/m0./s1. The molecule has 0 spiro atoms. The maximum Gasteiger partial charge on any atom is 1.00 e. The summed E-state index contributed by atoms with van der Waals surface area (Å²) in [6.07, 6.45) is -4.27. The Kier molecular flexibility index (Phi) is 9.88. The van der Waals surface area contributed by atoms with E-state index in [1.54, 1.807) is 30.4 Å². The van der Waals surface area contributed by atoms with Gasteiger partial charge >= 0.3 is 29.6 Å². The number of ether oxygens (including phenoxy) is 1. The van der Waals surface area contributed by atoms with Gasteiger partial charge in [0.05, 0.1) is 12.7 Å². The van der Waals surface area contributed by atoms with Gasteiger partial charge in [0.2, 0.25) is 10.4 Å². The molecule has 1 fully saturated rings. The molecule has 2 aromatic rings. The summed E-state index contributed by atoms with van der Waals surface area (Å²) in [6.45, 7) is -0.705. The van der Waals surface area contributed by atoms with Gasteiger partial charge in [-0.25, -0.2) is 8.42 Å². The molecule has 1 heterocycles. The van der Waals surface area contributed by atoms with E-state index >= 15 is 0 Å². The van der Waals surface area contributed by atoms with E-state index in [1.807, 2.05) is 0 Å². The quantitative estimate of drug-likeness (QED) is 0.117. The number of hydrogen-bond donors (Lipinski definition) is 5. The van der Waals surface area contributed by atoms with Crippen LogP contribution in [0.4, 0.5) is 0 Å². The van der Waals surface area contributed by atoms with Crippen LogP contribution in [0.15, 0.2) is 42.5 Å². The Morgan fingerprint density at radius 1 is 0.939 bits per heavy atom. The monoisotopic (exact) mass is 490 g/mol. The predicted octanol–water partition coefficient (Wildman–Crippen LogP) is -2.86. The first-order valence-electron chi connectivity index (χ1n) is 9.62. The molecule has 2 aromatic carbocycles. The zero-order chi connectivity index (χ0) is 23.5. The van der Waals surface area contributed by atoms with Gasteiger partial charge in [0.15, 0.2) is 0 Å². The van der Waals surface area contributed by atoms with E-state index in [9.17, 15) is 38.5 Å². The summed E-state index contributed by atoms with van der Waals surface area (Å²) in [6, 6.07) is 11.1. The molecule has 1 saturated heterocycles. The van der Waals surface area contributed by atoms with Crippen LogP contribution in [0.3, 0.4) is 0 Å². The van der Waals surface area contributed by atoms with Crippen LogP contribution in [0.1, 0.15) is 16.7 Å². The van der Waals surface area contributed by atoms with Crippen LogP contribution in [-0.4, -0.2) is 75.6 Å². The molecule has 0 saturated carbocycles. The van der Waals surface area contributed by atoms with Gasteiger partial charge in [0, 0.05) is 6.42 Å². The summed E-state index contributed by atoms with van der Waals surface area (Å²) in [5.74, 6) is 0.0537. The van der Waals surface area contributed by atoms with Crippen molar-refractivity contribution in [3.63, 3.8) is 0 Å². The van der Waals surface area contributed by atoms with Crippen molar-refractivity contribution < 1.29 is 77.0 Å². The van der Waals surface area contributed by atoms with Crippen LogP contribution in [0.2, 0.25) is 0 Å². The molecule has 0 radical (unpaired) electrons. The van der Waals surface area contributed by atoms with Crippen LogP contribution in [0.5, 0.6) is 11.5 Å². The maximum atomic E-state index is 11.0. The molecule has 33 heavy (non-hydrogen) atoms. The van der Waals surface area contributed by atoms with Crippen molar-refractivity contribution >= 4 is 22.6 Å². The first-order valence-corrected chi connectivity index (χ1v) is 11.0. The third kappa shape index (κ3) is 7.76. The Morgan fingerprint density at radius 2 is 1.55 bits per heavy atom. The fraction of sp³-hybridized carbons (Fsp3) is 0.333. The second-order valence-corrected chi connectivity index (χ2v) is 8.42. The van der Waals surface area contributed by atoms with Gasteiger partial charge in [0.25, 0.3) is 0 Å². The fourth-order valence-corrected chi connectivity index (χ4v) is 4.00. The second kappa shape index (κ2) is 11.8. The number of aliphatic hydroxyl groups is 3. The van der Waals surface area contributed by atoms with Crippen LogP contribution >= 0.6 is 0 Å². The molecule has 0 amide bonds. The van der Waals surface area contributed by atoms with Crippen molar-refractivity contribution in [3.8, 4) is 11.5 Å². The van der Waals surface area contributed by atoms with Crippen molar-refractivity contribution in [2.24, 2.45) is 0 Å². The van der Waals surface area contributed by atoms with E-state index in [-0.39, 0.29) is 47.5 Å². The third-order valence-electron chi connectivity index (χ3n) is 4.99. The first kappa shape index (κ1) is 27.7. The number of phenols is 2. The van der Waals surface area contributed by atoms with Crippen molar-refractivity contribution in [3.05, 3.63) is 59.2 Å². The summed E-state index contributed by atoms with van der Waals surface area (Å²) >= 11 is 0. The van der Waals surface area contributed by atoms with Gasteiger partial charge in [0.1, 0.15) is 35.9 Å². The first-order chi connectivity index (χ1) is 15.1. The van der Waals surface area contributed by atoms with Gasteiger partial charge in [-0.3, -0.25) is 4.18 Å². The summed E-state index contributed by atoms with van der Waals surface area (Å²) in [5.41, 5.74) is 1.90. The SMILES string of the molecule is O=S(=O)([O-])O[C@@H]1[C@@H](O)[C@H](Cc2cc(O)cc(/C=C\c3ccc(O)cc3)c2)O[C@H](CO)[C@H]1O.[Na+]. The Hall–Kier alpha value is -1.51. The van der Waals surface area contributed by atoms with E-state index in [0.717, 1.165) is 5.56 Å². The normalized spacial score (nSPS) is 25.6. The van der Waals surface area contributed by atoms with Gasteiger partial charge in [-0.1, -0.05) is 30.4 Å². The summed E-state index contributed by atoms with van der Waals surface area (Å²) in [5, 5.41) is 49.4. The van der Waals surface area contributed by atoms with E-state index in [1.165, 1.54) is 24.3 Å². The van der Waals surface area contributed by atoms with Gasteiger partial charge in [-0.15, -0.1) is 0 Å². The van der Waals surface area contributed by atoms with Gasteiger partial charge in [-0.05, 0) is 41.0 Å². The zero-order valence-electron chi connectivity index (χ0n) is 17.7. The van der Waals surface area contributed by atoms with Crippen molar-refractivity contribution in [2.45, 2.75) is 36.9 Å². The number of phenolic OH excluding ortho intramolecular Hbond substituents is 2. The summed E-state index contributed by atoms with van der Waals surface area (Å²) < 4.78 is 42.7. The molecular weight excluding hydrogens is 467 g/mol. The molecule has 3 rings (SSSR count). The van der Waals surface area contributed by atoms with Gasteiger partial charge in [-0.2, -0.15) is 0 Å². The molecule has 10 nitrogen and oxygen atoms in total. The molecule has 174 valence electrons. The Morgan fingerprint density at radius 3 is 2.15 bits per heavy atom. The number of benzene rings is 2. The van der Waals surface area contributed by atoms with Crippen LogP contribution in [-0.2, 0) is 25.7 Å². The molecular formula is C21H23NaO10S. The molecule has 0 aromatic heterocycles. The largest absolute Gasteiger partial charge is 1.00 e. The minimum Gasteiger partial charge on any atom is -0.726 e. The van der Waals surface area contributed by atoms with Crippen molar-refractivity contribution in [1.82, 2.24) is 0 Å².